The maximum Gasteiger partial charge on any atom is 0.251 e. The molecule has 1 N–H and O–H groups in total. The predicted octanol–water partition coefficient (Wildman–Crippen LogP) is 3.38. The lowest BCUT2D eigenvalue weighted by atomic mass is 10.0. The van der Waals surface area contributed by atoms with E-state index < -0.39 is 9.84 Å². The fourth-order valence-electron chi connectivity index (χ4n) is 3.34. The Hall–Kier alpha value is -3.15. The topological polar surface area (TPSA) is 105 Å². The first kappa shape index (κ1) is 23.5. The third kappa shape index (κ3) is 5.55. The molecule has 3 aromatic rings. The summed E-state index contributed by atoms with van der Waals surface area (Å²) in [4.78, 5) is 12.2. The number of nitriles is 1. The van der Waals surface area contributed by atoms with Crippen molar-refractivity contribution in [3.8, 4) is 11.8 Å². The van der Waals surface area contributed by atoms with E-state index in [0.29, 0.717) is 22.6 Å². The van der Waals surface area contributed by atoms with Crippen LogP contribution in [0.2, 0.25) is 5.02 Å². The molecule has 0 radical (unpaired) electrons. The number of halogens is 1. The molecule has 0 atom stereocenters. The molecule has 0 aliphatic rings. The number of amides is 1. The fraction of sp³-hybridized carbons (Fsp3) is 0.261. The van der Waals surface area contributed by atoms with Crippen LogP contribution < -0.4 is 5.32 Å². The second-order valence-corrected chi connectivity index (χ2v) is 10.3. The average Bonchev–Trinajstić information content (AvgIpc) is 3.01. The fourth-order valence-corrected chi connectivity index (χ4v) is 4.03. The molecule has 2 aromatic carbocycles. The zero-order valence-electron chi connectivity index (χ0n) is 18.0. The van der Waals surface area contributed by atoms with Gasteiger partial charge < -0.3 is 5.32 Å². The van der Waals surface area contributed by atoms with Crippen LogP contribution in [0.1, 0.15) is 38.4 Å². The highest BCUT2D eigenvalue weighted by Gasteiger charge is 2.15. The molecule has 1 heterocycles. The number of aromatic nitrogens is 2. The summed E-state index contributed by atoms with van der Waals surface area (Å²) in [6, 6.07) is 14.5. The Kier molecular flexibility index (Phi) is 7.02. The Morgan fingerprint density at radius 1 is 1.19 bits per heavy atom. The molecular weight excluding hydrogens is 448 g/mol. The molecule has 1 amide bonds. The zero-order valence-corrected chi connectivity index (χ0v) is 19.6. The maximum atomic E-state index is 12.2. The molecule has 0 spiro atoms. The molecule has 7 nitrogen and oxygen atoms in total. The number of nitrogens with one attached hydrogen (secondary N) is 1. The van der Waals surface area contributed by atoms with Crippen LogP contribution >= 0.6 is 11.6 Å². The molecule has 9 heteroatoms. The smallest absolute Gasteiger partial charge is 0.251 e. The molecule has 3 rings (SSSR count). The van der Waals surface area contributed by atoms with Crippen LogP contribution in [0, 0.1) is 25.2 Å². The van der Waals surface area contributed by atoms with Crippen molar-refractivity contribution in [3.05, 3.63) is 81.1 Å². The van der Waals surface area contributed by atoms with Crippen molar-refractivity contribution >= 4 is 27.3 Å². The minimum atomic E-state index is -3.12. The second kappa shape index (κ2) is 9.55. The quantitative estimate of drug-likeness (QED) is 0.570. The van der Waals surface area contributed by atoms with Gasteiger partial charge in [-0.05, 0) is 49.7 Å². The van der Waals surface area contributed by atoms with Crippen molar-refractivity contribution in [1.82, 2.24) is 15.1 Å². The monoisotopic (exact) mass is 470 g/mol. The average molecular weight is 471 g/mol. The molecular formula is C23H23ClN4O3S. The number of carbonyl (C=O) groups is 1. The number of hydrogen-bond donors (Lipinski definition) is 1. The maximum absolute atomic E-state index is 12.2. The van der Waals surface area contributed by atoms with E-state index in [-0.39, 0.29) is 18.2 Å². The van der Waals surface area contributed by atoms with Gasteiger partial charge in [0.1, 0.15) is 15.9 Å². The molecule has 0 saturated heterocycles. The van der Waals surface area contributed by atoms with Gasteiger partial charge in [0.2, 0.25) is 0 Å². The van der Waals surface area contributed by atoms with Gasteiger partial charge in [-0.2, -0.15) is 10.4 Å². The van der Waals surface area contributed by atoms with E-state index in [1.54, 1.807) is 28.9 Å². The largest absolute Gasteiger partial charge is 0.351 e. The van der Waals surface area contributed by atoms with Crippen LogP contribution in [0.15, 0.2) is 42.5 Å². The Labute approximate surface area is 192 Å². The van der Waals surface area contributed by atoms with Crippen LogP contribution in [0.25, 0.3) is 5.69 Å². The van der Waals surface area contributed by atoms with Gasteiger partial charge in [0.15, 0.2) is 0 Å². The summed E-state index contributed by atoms with van der Waals surface area (Å²) in [5.41, 5.74) is 5.59. The molecule has 32 heavy (non-hydrogen) atoms. The van der Waals surface area contributed by atoms with Crippen molar-refractivity contribution < 1.29 is 13.2 Å². The van der Waals surface area contributed by atoms with Gasteiger partial charge in [0, 0.05) is 36.0 Å². The number of sulfone groups is 1. The lowest BCUT2D eigenvalue weighted by Gasteiger charge is -2.08. The summed E-state index contributed by atoms with van der Waals surface area (Å²) in [5, 5.41) is 16.7. The number of hydrogen-bond acceptors (Lipinski definition) is 5. The number of nitrogens with zero attached hydrogens (tertiary/aromatic N) is 3. The van der Waals surface area contributed by atoms with Crippen molar-refractivity contribution in [2.24, 2.45) is 0 Å². The number of carbonyl (C=O) groups excluding carboxylic acids is 1. The van der Waals surface area contributed by atoms with Crippen LogP contribution in [0.3, 0.4) is 0 Å². The molecule has 0 unspecified atom stereocenters. The number of aryl methyl sites for hydroxylation is 1. The third-order valence-corrected chi connectivity index (χ3v) is 6.37. The first-order valence-corrected chi connectivity index (χ1v) is 12.3. The van der Waals surface area contributed by atoms with E-state index in [0.717, 1.165) is 34.5 Å². The summed E-state index contributed by atoms with van der Waals surface area (Å²) in [6.07, 6.45) is 1.77. The Morgan fingerprint density at radius 3 is 2.47 bits per heavy atom. The highest BCUT2D eigenvalue weighted by atomic mass is 35.5. The van der Waals surface area contributed by atoms with Crippen molar-refractivity contribution in [2.75, 3.05) is 18.6 Å². The van der Waals surface area contributed by atoms with Gasteiger partial charge in [-0.1, -0.05) is 23.7 Å². The predicted molar refractivity (Wildman–Crippen MR) is 124 cm³/mol. The third-order valence-electron chi connectivity index (χ3n) is 5.11. The summed E-state index contributed by atoms with van der Waals surface area (Å²) >= 11 is 6.18. The Bertz CT molecular complexity index is 1310. The van der Waals surface area contributed by atoms with Gasteiger partial charge >= 0.3 is 0 Å². The van der Waals surface area contributed by atoms with Crippen LogP contribution in [-0.4, -0.2) is 42.7 Å². The summed E-state index contributed by atoms with van der Waals surface area (Å²) < 4.78 is 24.2. The van der Waals surface area contributed by atoms with E-state index in [1.165, 1.54) is 0 Å². The standard InChI is InChI=1S/C23H23ClN4O3S/c1-15-21(16(2)28(27-15)20-9-8-19(14-25)22(24)13-20)12-17-4-6-18(7-5-17)23(29)26-10-11-32(3,30)31/h4-9,13H,10-12H2,1-3H3,(H,26,29). The molecule has 0 saturated carbocycles. The SMILES string of the molecule is Cc1nn(-c2ccc(C#N)c(Cl)c2)c(C)c1Cc1ccc(C(=O)NCCS(C)(=O)=O)cc1. The normalized spacial score (nSPS) is 11.2. The number of benzene rings is 2. The van der Waals surface area contributed by atoms with Crippen LogP contribution in [0.5, 0.6) is 0 Å². The van der Waals surface area contributed by atoms with Gasteiger partial charge in [0.25, 0.3) is 5.91 Å². The van der Waals surface area contributed by atoms with Crippen LogP contribution in [0.4, 0.5) is 0 Å². The summed E-state index contributed by atoms with van der Waals surface area (Å²) in [6.45, 7) is 4.00. The Morgan fingerprint density at radius 2 is 1.88 bits per heavy atom. The van der Waals surface area contributed by atoms with Gasteiger partial charge in [-0.3, -0.25) is 4.79 Å². The molecule has 0 fully saturated rings. The van der Waals surface area contributed by atoms with Crippen molar-refractivity contribution in [2.45, 2.75) is 20.3 Å². The second-order valence-electron chi connectivity index (χ2n) is 7.60. The first-order valence-electron chi connectivity index (χ1n) is 9.89. The molecule has 166 valence electrons. The van der Waals surface area contributed by atoms with E-state index >= 15 is 0 Å². The minimum absolute atomic E-state index is 0.0797. The number of rotatable bonds is 7. The van der Waals surface area contributed by atoms with Gasteiger partial charge in [-0.15, -0.1) is 0 Å². The van der Waals surface area contributed by atoms with Crippen molar-refractivity contribution in [3.63, 3.8) is 0 Å². The highest BCUT2D eigenvalue weighted by Crippen LogP contribution is 2.24. The summed E-state index contributed by atoms with van der Waals surface area (Å²) in [5.74, 6) is -0.401. The lowest BCUT2D eigenvalue weighted by molar-refractivity contribution is 0.0956. The van der Waals surface area contributed by atoms with Crippen molar-refractivity contribution in [1.29, 1.82) is 5.26 Å². The molecule has 0 aliphatic carbocycles. The molecule has 0 aliphatic heterocycles. The van der Waals surface area contributed by atoms with Crippen LogP contribution in [-0.2, 0) is 16.3 Å². The highest BCUT2D eigenvalue weighted by molar-refractivity contribution is 7.90. The van der Waals surface area contributed by atoms with E-state index in [4.69, 9.17) is 16.9 Å². The Balaban J connectivity index is 1.75. The lowest BCUT2D eigenvalue weighted by Crippen LogP contribution is -2.28. The van der Waals surface area contributed by atoms with E-state index in [9.17, 15) is 13.2 Å². The molecule has 0 bridgehead atoms. The van der Waals surface area contributed by atoms with Gasteiger partial charge in [0.05, 0.1) is 27.7 Å². The minimum Gasteiger partial charge on any atom is -0.351 e. The summed E-state index contributed by atoms with van der Waals surface area (Å²) in [7, 11) is -3.12. The first-order chi connectivity index (χ1) is 15.1. The molecule has 1 aromatic heterocycles. The zero-order chi connectivity index (χ0) is 23.5. The van der Waals surface area contributed by atoms with Gasteiger partial charge in [-0.25, -0.2) is 13.1 Å². The van der Waals surface area contributed by atoms with E-state index in [1.807, 2.05) is 32.0 Å². The van der Waals surface area contributed by atoms with E-state index in [2.05, 4.69) is 16.5 Å².